The molecule has 1 aliphatic carbocycles. The summed E-state index contributed by atoms with van der Waals surface area (Å²) in [7, 11) is 0. The first-order valence-corrected chi connectivity index (χ1v) is 8.04. The van der Waals surface area contributed by atoms with E-state index in [4.69, 9.17) is 4.52 Å². The third-order valence-corrected chi connectivity index (χ3v) is 5.18. The molecule has 2 aromatic heterocycles. The van der Waals surface area contributed by atoms with Gasteiger partial charge in [-0.25, -0.2) is 0 Å². The molecule has 112 valence electrons. The minimum absolute atomic E-state index is 0.0117. The Balaban J connectivity index is 1.48. The lowest BCUT2D eigenvalue weighted by molar-refractivity contribution is 0.0633. The van der Waals surface area contributed by atoms with Crippen molar-refractivity contribution in [3.8, 4) is 0 Å². The molecule has 2 bridgehead atoms. The first kappa shape index (κ1) is 12.4. The quantitative estimate of drug-likeness (QED) is 0.854. The average Bonchev–Trinajstić information content (AvgIpc) is 3.19. The molecule has 1 saturated heterocycles. The summed E-state index contributed by atoms with van der Waals surface area (Å²) in [4.78, 5) is 19.4. The first-order valence-electron chi connectivity index (χ1n) is 8.04. The molecule has 0 spiro atoms. The number of hydrogen-bond donors (Lipinski definition) is 0. The zero-order valence-electron chi connectivity index (χ0n) is 12.2. The molecule has 5 heteroatoms. The van der Waals surface area contributed by atoms with Crippen molar-refractivity contribution in [2.45, 2.75) is 50.1 Å². The van der Waals surface area contributed by atoms with Crippen molar-refractivity contribution in [3.05, 3.63) is 47.1 Å². The number of rotatable bonds is 2. The summed E-state index contributed by atoms with van der Waals surface area (Å²) in [6, 6.07) is 6.31. The minimum Gasteiger partial charge on any atom is -0.360 e. The number of amides is 1. The second kappa shape index (κ2) is 4.41. The van der Waals surface area contributed by atoms with Crippen LogP contribution in [0.25, 0.3) is 0 Å². The summed E-state index contributed by atoms with van der Waals surface area (Å²) in [5, 5.41) is 4.02. The number of fused-ring (bicyclic) bond motifs is 4. The van der Waals surface area contributed by atoms with Crippen LogP contribution in [0.4, 0.5) is 0 Å². The minimum atomic E-state index is 0.0117. The lowest BCUT2D eigenvalue weighted by atomic mass is 9.97. The molecule has 0 unspecified atom stereocenters. The Morgan fingerprint density at radius 3 is 3.05 bits per heavy atom. The number of hydrogen-bond acceptors (Lipinski definition) is 4. The summed E-state index contributed by atoms with van der Waals surface area (Å²) in [5.41, 5.74) is 2.82. The predicted octanol–water partition coefficient (Wildman–Crippen LogP) is 2.85. The van der Waals surface area contributed by atoms with E-state index >= 15 is 0 Å². The van der Waals surface area contributed by atoms with Gasteiger partial charge >= 0.3 is 0 Å². The van der Waals surface area contributed by atoms with E-state index in [1.807, 2.05) is 23.2 Å². The highest BCUT2D eigenvalue weighted by molar-refractivity contribution is 5.93. The number of carbonyl (C=O) groups excluding carboxylic acids is 1. The number of aromatic nitrogens is 2. The van der Waals surface area contributed by atoms with Crippen molar-refractivity contribution in [1.82, 2.24) is 15.0 Å². The fourth-order valence-electron chi connectivity index (χ4n) is 3.93. The van der Waals surface area contributed by atoms with Crippen LogP contribution in [0.3, 0.4) is 0 Å². The van der Waals surface area contributed by atoms with E-state index < -0.39 is 0 Å². The van der Waals surface area contributed by atoms with Crippen LogP contribution in [0.2, 0.25) is 0 Å². The SMILES string of the molecule is O=C(c1cc(C2CC2)on1)N1[C@@H]2CC[C@@H]1c1cccnc1C2. The molecule has 22 heavy (non-hydrogen) atoms. The van der Waals surface area contributed by atoms with Gasteiger partial charge in [0.15, 0.2) is 5.69 Å². The molecule has 0 N–H and O–H groups in total. The van der Waals surface area contributed by atoms with E-state index in [1.54, 1.807) is 0 Å². The summed E-state index contributed by atoms with van der Waals surface area (Å²) in [5.74, 6) is 1.37. The summed E-state index contributed by atoms with van der Waals surface area (Å²) >= 11 is 0. The van der Waals surface area contributed by atoms with Crippen LogP contribution in [-0.2, 0) is 6.42 Å². The zero-order chi connectivity index (χ0) is 14.7. The van der Waals surface area contributed by atoms with E-state index in [-0.39, 0.29) is 18.0 Å². The van der Waals surface area contributed by atoms with Crippen molar-refractivity contribution in [2.24, 2.45) is 0 Å². The fourth-order valence-corrected chi connectivity index (χ4v) is 3.93. The van der Waals surface area contributed by atoms with E-state index in [1.165, 1.54) is 5.56 Å². The van der Waals surface area contributed by atoms with Gasteiger partial charge in [0.25, 0.3) is 5.91 Å². The van der Waals surface area contributed by atoms with E-state index in [9.17, 15) is 4.79 Å². The second-order valence-corrected chi connectivity index (χ2v) is 6.59. The molecule has 2 fully saturated rings. The molecule has 1 saturated carbocycles. The summed E-state index contributed by atoms with van der Waals surface area (Å²) in [6.07, 6.45) is 7.05. The van der Waals surface area contributed by atoms with E-state index in [0.717, 1.165) is 43.6 Å². The number of pyridine rings is 1. The monoisotopic (exact) mass is 295 g/mol. The highest BCUT2D eigenvalue weighted by Crippen LogP contribution is 2.44. The van der Waals surface area contributed by atoms with Crippen LogP contribution >= 0.6 is 0 Å². The largest absolute Gasteiger partial charge is 0.360 e. The van der Waals surface area contributed by atoms with Crippen molar-refractivity contribution in [2.75, 3.05) is 0 Å². The maximum Gasteiger partial charge on any atom is 0.276 e. The Bertz CT molecular complexity index is 750. The van der Waals surface area contributed by atoms with Gasteiger partial charge in [0, 0.05) is 36.3 Å². The van der Waals surface area contributed by atoms with Crippen molar-refractivity contribution in [3.63, 3.8) is 0 Å². The molecule has 5 nitrogen and oxygen atoms in total. The third-order valence-electron chi connectivity index (χ3n) is 5.18. The van der Waals surface area contributed by atoms with Gasteiger partial charge in [-0.3, -0.25) is 9.78 Å². The van der Waals surface area contributed by atoms with Crippen molar-refractivity contribution < 1.29 is 9.32 Å². The number of carbonyl (C=O) groups is 1. The molecular formula is C17H17N3O2. The second-order valence-electron chi connectivity index (χ2n) is 6.59. The Hall–Kier alpha value is -2.17. The van der Waals surface area contributed by atoms with Crippen molar-refractivity contribution >= 4 is 5.91 Å². The van der Waals surface area contributed by atoms with Crippen LogP contribution < -0.4 is 0 Å². The van der Waals surface area contributed by atoms with Gasteiger partial charge in [-0.05, 0) is 37.3 Å². The van der Waals surface area contributed by atoms with Crippen LogP contribution in [0.1, 0.15) is 65.1 Å². The van der Waals surface area contributed by atoms with Gasteiger partial charge < -0.3 is 9.42 Å². The lowest BCUT2D eigenvalue weighted by Crippen LogP contribution is -2.42. The molecule has 2 atom stereocenters. The molecule has 2 aliphatic heterocycles. The van der Waals surface area contributed by atoms with Gasteiger partial charge in [-0.1, -0.05) is 11.2 Å². The van der Waals surface area contributed by atoms with Crippen LogP contribution in [0.5, 0.6) is 0 Å². The molecule has 1 amide bonds. The molecule has 0 aromatic carbocycles. The first-order chi connectivity index (χ1) is 10.8. The number of nitrogens with zero attached hydrogens (tertiary/aromatic N) is 3. The maximum atomic E-state index is 12.9. The maximum absolute atomic E-state index is 12.9. The molecule has 3 aliphatic rings. The highest BCUT2D eigenvalue weighted by atomic mass is 16.5. The smallest absolute Gasteiger partial charge is 0.276 e. The third kappa shape index (κ3) is 1.74. The topological polar surface area (TPSA) is 59.2 Å². The van der Waals surface area contributed by atoms with Gasteiger partial charge in [0.05, 0.1) is 6.04 Å². The Kier molecular flexibility index (Phi) is 2.48. The fraction of sp³-hybridized carbons (Fsp3) is 0.471. The average molecular weight is 295 g/mol. The van der Waals surface area contributed by atoms with Crippen LogP contribution in [0.15, 0.2) is 28.9 Å². The Morgan fingerprint density at radius 1 is 1.27 bits per heavy atom. The summed E-state index contributed by atoms with van der Waals surface area (Å²) < 4.78 is 5.35. The molecular weight excluding hydrogens is 278 g/mol. The normalized spacial score (nSPS) is 26.1. The van der Waals surface area contributed by atoms with Gasteiger partial charge in [-0.2, -0.15) is 0 Å². The van der Waals surface area contributed by atoms with Crippen LogP contribution in [-0.4, -0.2) is 27.0 Å². The van der Waals surface area contributed by atoms with Gasteiger partial charge in [0.2, 0.25) is 0 Å². The van der Waals surface area contributed by atoms with Gasteiger partial charge in [-0.15, -0.1) is 0 Å². The predicted molar refractivity (Wildman–Crippen MR) is 78.4 cm³/mol. The lowest BCUT2D eigenvalue weighted by Gasteiger charge is -2.35. The zero-order valence-corrected chi connectivity index (χ0v) is 12.2. The standard InChI is InChI=1S/C17H17N3O2/c21-17(14-9-16(22-19-14)10-3-4-10)20-11-5-6-15(20)12-2-1-7-18-13(12)8-11/h1-2,7,9-11,15H,3-6,8H2/t11-,15-/m1/s1. The van der Waals surface area contributed by atoms with E-state index in [2.05, 4.69) is 16.2 Å². The van der Waals surface area contributed by atoms with Gasteiger partial charge in [0.1, 0.15) is 5.76 Å². The molecule has 5 rings (SSSR count). The Labute approximate surface area is 128 Å². The van der Waals surface area contributed by atoms with E-state index in [0.29, 0.717) is 11.6 Å². The molecule has 0 radical (unpaired) electrons. The highest BCUT2D eigenvalue weighted by Gasteiger charge is 2.44. The Morgan fingerprint density at radius 2 is 2.18 bits per heavy atom. The molecule has 4 heterocycles. The van der Waals surface area contributed by atoms with Crippen LogP contribution in [0, 0.1) is 0 Å². The summed E-state index contributed by atoms with van der Waals surface area (Å²) in [6.45, 7) is 0. The molecule has 2 aromatic rings. The van der Waals surface area contributed by atoms with Crippen molar-refractivity contribution in [1.29, 1.82) is 0 Å².